The number of aromatic nitrogens is 3. The monoisotopic (exact) mass is 487 g/mol. The molecular weight excluding hydrogens is 466 g/mol. The first-order valence-electron chi connectivity index (χ1n) is 9.26. The van der Waals surface area contributed by atoms with Gasteiger partial charge < -0.3 is 15.2 Å². The zero-order valence-corrected chi connectivity index (χ0v) is 19.3. The Morgan fingerprint density at radius 3 is 2.60 bits per heavy atom. The fourth-order valence-electron chi connectivity index (χ4n) is 2.79. The van der Waals surface area contributed by atoms with Crippen molar-refractivity contribution < 1.29 is 9.59 Å². The van der Waals surface area contributed by atoms with E-state index in [-0.39, 0.29) is 24.1 Å². The average molecular weight is 488 g/mol. The number of carbonyl (C=O) groups is 2. The molecule has 2 N–H and O–H groups in total. The van der Waals surface area contributed by atoms with E-state index in [2.05, 4.69) is 36.8 Å². The van der Waals surface area contributed by atoms with E-state index in [1.807, 2.05) is 57.3 Å². The predicted octanol–water partition coefficient (Wildman–Crippen LogP) is 3.86. The minimum absolute atomic E-state index is 0.122. The fourth-order valence-corrected chi connectivity index (χ4v) is 4.00. The van der Waals surface area contributed by atoms with Crippen molar-refractivity contribution in [3.8, 4) is 0 Å². The Balaban J connectivity index is 1.54. The number of anilines is 1. The lowest BCUT2D eigenvalue weighted by molar-refractivity contribution is -0.113. The Bertz CT molecular complexity index is 1080. The summed E-state index contributed by atoms with van der Waals surface area (Å²) >= 11 is 4.70. The molecule has 2 aromatic carbocycles. The molecule has 0 aliphatic rings. The van der Waals surface area contributed by atoms with Crippen molar-refractivity contribution in [1.29, 1.82) is 0 Å². The van der Waals surface area contributed by atoms with Gasteiger partial charge in [0.2, 0.25) is 5.91 Å². The zero-order valence-electron chi connectivity index (χ0n) is 16.9. The smallest absolute Gasteiger partial charge is 0.251 e. The summed E-state index contributed by atoms with van der Waals surface area (Å²) in [6.07, 6.45) is 0. The van der Waals surface area contributed by atoms with Crippen LogP contribution in [0.4, 0.5) is 5.69 Å². The molecule has 0 spiro atoms. The lowest BCUT2D eigenvalue weighted by atomic mass is 10.1. The number of aryl methyl sites for hydroxylation is 2. The summed E-state index contributed by atoms with van der Waals surface area (Å²) in [5, 5.41) is 14.6. The van der Waals surface area contributed by atoms with Crippen LogP contribution in [-0.4, -0.2) is 32.3 Å². The number of thioether (sulfide) groups is 1. The molecule has 1 aromatic heterocycles. The zero-order chi connectivity index (χ0) is 21.7. The van der Waals surface area contributed by atoms with Gasteiger partial charge in [-0.15, -0.1) is 10.2 Å². The van der Waals surface area contributed by atoms with E-state index in [0.29, 0.717) is 16.5 Å². The van der Waals surface area contributed by atoms with E-state index >= 15 is 0 Å². The van der Waals surface area contributed by atoms with Crippen LogP contribution in [0.5, 0.6) is 0 Å². The minimum Gasteiger partial charge on any atom is -0.345 e. The summed E-state index contributed by atoms with van der Waals surface area (Å²) < 4.78 is 2.74. The molecule has 0 aliphatic heterocycles. The third-order valence-electron chi connectivity index (χ3n) is 4.52. The lowest BCUT2D eigenvalue weighted by Gasteiger charge is -2.09. The molecule has 2 amide bonds. The first-order chi connectivity index (χ1) is 14.3. The van der Waals surface area contributed by atoms with Gasteiger partial charge in [-0.3, -0.25) is 9.59 Å². The van der Waals surface area contributed by atoms with E-state index in [9.17, 15) is 9.59 Å². The molecule has 156 valence electrons. The Morgan fingerprint density at radius 1 is 1.10 bits per heavy atom. The van der Waals surface area contributed by atoms with Crippen LogP contribution in [0.1, 0.15) is 27.3 Å². The first-order valence-corrected chi connectivity index (χ1v) is 11.0. The number of amides is 2. The van der Waals surface area contributed by atoms with Gasteiger partial charge in [-0.1, -0.05) is 45.9 Å². The molecule has 7 nitrogen and oxygen atoms in total. The molecule has 0 saturated heterocycles. The summed E-state index contributed by atoms with van der Waals surface area (Å²) in [4.78, 5) is 24.7. The quantitative estimate of drug-likeness (QED) is 0.494. The number of nitrogens with one attached hydrogen (secondary N) is 2. The Hall–Kier alpha value is -2.65. The van der Waals surface area contributed by atoms with Crippen LogP contribution >= 0.6 is 27.7 Å². The lowest BCUT2D eigenvalue weighted by Crippen LogP contribution is -2.25. The van der Waals surface area contributed by atoms with Crippen molar-refractivity contribution in [3.63, 3.8) is 0 Å². The van der Waals surface area contributed by atoms with Gasteiger partial charge in [0.05, 0.1) is 12.3 Å². The standard InChI is InChI=1S/C21H22BrN5O2S/c1-13-6-4-5-7-16(13)20(29)23-11-18-25-26-21(27(18)3)30-12-19(28)24-17-9-8-15(22)10-14(17)2/h4-10H,11-12H2,1-3H3,(H,23,29)(H,24,28). The second-order valence-corrected chi connectivity index (χ2v) is 8.61. The molecule has 0 fully saturated rings. The van der Waals surface area contributed by atoms with Crippen molar-refractivity contribution in [2.45, 2.75) is 25.5 Å². The van der Waals surface area contributed by atoms with Crippen LogP contribution in [0, 0.1) is 13.8 Å². The van der Waals surface area contributed by atoms with Crippen LogP contribution in [0.15, 0.2) is 52.1 Å². The largest absolute Gasteiger partial charge is 0.345 e. The highest BCUT2D eigenvalue weighted by atomic mass is 79.9. The van der Waals surface area contributed by atoms with Gasteiger partial charge in [-0.05, 0) is 49.2 Å². The molecule has 3 aromatic rings. The second kappa shape index (κ2) is 9.90. The number of nitrogens with zero attached hydrogens (tertiary/aromatic N) is 3. The van der Waals surface area contributed by atoms with Crippen molar-refractivity contribution >= 4 is 45.2 Å². The SMILES string of the molecule is Cc1cc(Br)ccc1NC(=O)CSc1nnc(CNC(=O)c2ccccc2C)n1C. The third kappa shape index (κ3) is 5.48. The molecular formula is C21H22BrN5O2S. The van der Waals surface area contributed by atoms with E-state index in [1.54, 1.807) is 10.6 Å². The van der Waals surface area contributed by atoms with E-state index < -0.39 is 0 Å². The highest BCUT2D eigenvalue weighted by molar-refractivity contribution is 9.10. The van der Waals surface area contributed by atoms with Gasteiger partial charge in [0.1, 0.15) is 0 Å². The van der Waals surface area contributed by atoms with Crippen LogP contribution in [-0.2, 0) is 18.4 Å². The predicted molar refractivity (Wildman–Crippen MR) is 122 cm³/mol. The molecule has 0 radical (unpaired) electrons. The van der Waals surface area contributed by atoms with Crippen LogP contribution in [0.25, 0.3) is 0 Å². The Kier molecular flexibility index (Phi) is 7.28. The molecule has 9 heteroatoms. The van der Waals surface area contributed by atoms with Gasteiger partial charge in [-0.25, -0.2) is 0 Å². The van der Waals surface area contributed by atoms with Gasteiger partial charge in [0.15, 0.2) is 11.0 Å². The Morgan fingerprint density at radius 2 is 1.87 bits per heavy atom. The first kappa shape index (κ1) is 22.0. The second-order valence-electron chi connectivity index (χ2n) is 6.75. The molecule has 30 heavy (non-hydrogen) atoms. The number of hydrogen-bond acceptors (Lipinski definition) is 5. The average Bonchev–Trinajstić information content (AvgIpc) is 3.06. The maximum atomic E-state index is 12.4. The molecule has 0 saturated carbocycles. The number of rotatable bonds is 7. The summed E-state index contributed by atoms with van der Waals surface area (Å²) in [5.41, 5.74) is 3.31. The van der Waals surface area contributed by atoms with Gasteiger partial charge in [0.25, 0.3) is 5.91 Å². The molecule has 0 aliphatic carbocycles. The van der Waals surface area contributed by atoms with Crippen molar-refractivity contribution in [1.82, 2.24) is 20.1 Å². The molecule has 0 atom stereocenters. The van der Waals surface area contributed by atoms with Crippen molar-refractivity contribution in [2.75, 3.05) is 11.1 Å². The number of benzene rings is 2. The van der Waals surface area contributed by atoms with E-state index in [0.717, 1.165) is 21.3 Å². The molecule has 1 heterocycles. The van der Waals surface area contributed by atoms with E-state index in [1.165, 1.54) is 11.8 Å². The van der Waals surface area contributed by atoms with Gasteiger partial charge >= 0.3 is 0 Å². The van der Waals surface area contributed by atoms with E-state index in [4.69, 9.17) is 0 Å². The van der Waals surface area contributed by atoms with Gasteiger partial charge in [0, 0.05) is 22.8 Å². The fraction of sp³-hybridized carbons (Fsp3) is 0.238. The third-order valence-corrected chi connectivity index (χ3v) is 6.03. The van der Waals surface area contributed by atoms with Crippen LogP contribution < -0.4 is 10.6 Å². The maximum absolute atomic E-state index is 12.4. The highest BCUT2D eigenvalue weighted by Crippen LogP contribution is 2.21. The van der Waals surface area contributed by atoms with Crippen molar-refractivity contribution in [3.05, 3.63) is 69.5 Å². The van der Waals surface area contributed by atoms with Crippen molar-refractivity contribution in [2.24, 2.45) is 7.05 Å². The topological polar surface area (TPSA) is 88.9 Å². The molecule has 0 bridgehead atoms. The number of hydrogen-bond donors (Lipinski definition) is 2. The highest BCUT2D eigenvalue weighted by Gasteiger charge is 2.14. The summed E-state index contributed by atoms with van der Waals surface area (Å²) in [7, 11) is 1.81. The molecule has 3 rings (SSSR count). The van der Waals surface area contributed by atoms with Crippen LogP contribution in [0.2, 0.25) is 0 Å². The number of halogens is 1. The maximum Gasteiger partial charge on any atom is 0.251 e. The summed E-state index contributed by atoms with van der Waals surface area (Å²) in [6.45, 7) is 4.09. The number of carbonyl (C=O) groups excluding carboxylic acids is 2. The van der Waals surface area contributed by atoms with Crippen LogP contribution in [0.3, 0.4) is 0 Å². The Labute approximate surface area is 187 Å². The normalized spacial score (nSPS) is 10.7. The summed E-state index contributed by atoms with van der Waals surface area (Å²) in [5.74, 6) is 0.540. The summed E-state index contributed by atoms with van der Waals surface area (Å²) in [6, 6.07) is 13.1. The minimum atomic E-state index is -0.158. The molecule has 0 unspecified atom stereocenters. The van der Waals surface area contributed by atoms with Gasteiger partial charge in [-0.2, -0.15) is 0 Å².